The van der Waals surface area contributed by atoms with Gasteiger partial charge in [-0.2, -0.15) is 0 Å². The number of aromatic nitrogens is 2. The Hall–Kier alpha value is -1.82. The fourth-order valence-corrected chi connectivity index (χ4v) is 4.03. The summed E-state index contributed by atoms with van der Waals surface area (Å²) in [6.07, 6.45) is 5.97. The number of carbonyl (C=O) groups is 1. The van der Waals surface area contributed by atoms with Crippen molar-refractivity contribution in [1.82, 2.24) is 15.1 Å². The molecule has 0 bridgehead atoms. The molecule has 1 aromatic carbocycles. The predicted octanol–water partition coefficient (Wildman–Crippen LogP) is 4.04. The molecule has 1 atom stereocenters. The van der Waals surface area contributed by atoms with Gasteiger partial charge in [0.2, 0.25) is 11.8 Å². The van der Waals surface area contributed by atoms with Crippen molar-refractivity contribution in [2.24, 2.45) is 0 Å². The van der Waals surface area contributed by atoms with Crippen molar-refractivity contribution in [1.29, 1.82) is 0 Å². The van der Waals surface area contributed by atoms with Gasteiger partial charge in [0.1, 0.15) is 5.25 Å². The molecule has 0 radical (unpaired) electrons. The topological polar surface area (TPSA) is 59.2 Å². The van der Waals surface area contributed by atoms with Crippen molar-refractivity contribution >= 4 is 17.7 Å². The number of hydrogen-bond donors (Lipinski definition) is 0. The van der Waals surface area contributed by atoms with Gasteiger partial charge in [0.25, 0.3) is 5.22 Å². The maximum atomic E-state index is 12.6. The average molecular weight is 345 g/mol. The number of rotatable bonds is 5. The zero-order chi connectivity index (χ0) is 16.9. The lowest BCUT2D eigenvalue weighted by Gasteiger charge is -2.19. The molecule has 24 heavy (non-hydrogen) atoms. The minimum atomic E-state index is -0.374. The smallest absolute Gasteiger partial charge is 0.277 e. The van der Waals surface area contributed by atoms with Crippen LogP contribution in [0.3, 0.4) is 0 Å². The lowest BCUT2D eigenvalue weighted by atomic mass is 9.89. The number of thioether (sulfide) groups is 1. The van der Waals surface area contributed by atoms with Crippen LogP contribution in [0.25, 0.3) is 0 Å². The Bertz CT molecular complexity index is 666. The SMILES string of the molecule is CN(C)C(=O)C(Sc1nnc(C2CCCCC2)o1)c1ccccc1. The molecule has 1 aliphatic carbocycles. The Kier molecular flexibility index (Phi) is 5.56. The molecule has 1 amide bonds. The third-order valence-corrected chi connectivity index (χ3v) is 5.44. The lowest BCUT2D eigenvalue weighted by Crippen LogP contribution is -2.26. The Morgan fingerprint density at radius 2 is 1.88 bits per heavy atom. The van der Waals surface area contributed by atoms with Gasteiger partial charge in [-0.15, -0.1) is 10.2 Å². The van der Waals surface area contributed by atoms with Crippen LogP contribution in [0, 0.1) is 0 Å². The lowest BCUT2D eigenvalue weighted by molar-refractivity contribution is -0.128. The normalized spacial score (nSPS) is 16.8. The molecule has 0 N–H and O–H groups in total. The first kappa shape index (κ1) is 17.0. The van der Waals surface area contributed by atoms with Crippen LogP contribution in [-0.4, -0.2) is 35.1 Å². The Balaban J connectivity index is 1.77. The molecular weight excluding hydrogens is 322 g/mol. The minimum absolute atomic E-state index is 0.0172. The summed E-state index contributed by atoms with van der Waals surface area (Å²) < 4.78 is 5.88. The van der Waals surface area contributed by atoms with Gasteiger partial charge >= 0.3 is 0 Å². The van der Waals surface area contributed by atoms with Gasteiger partial charge < -0.3 is 9.32 Å². The number of hydrogen-bond acceptors (Lipinski definition) is 5. The van der Waals surface area contributed by atoms with Crippen molar-refractivity contribution in [3.63, 3.8) is 0 Å². The van der Waals surface area contributed by atoms with E-state index in [1.54, 1.807) is 19.0 Å². The maximum Gasteiger partial charge on any atom is 0.277 e. The van der Waals surface area contributed by atoms with Crippen LogP contribution in [0.1, 0.15) is 54.7 Å². The molecule has 1 unspecified atom stereocenters. The summed E-state index contributed by atoms with van der Waals surface area (Å²) in [5.74, 6) is 1.12. The fraction of sp³-hybridized carbons (Fsp3) is 0.500. The number of carbonyl (C=O) groups excluding carboxylic acids is 1. The Labute approximate surface area is 146 Å². The molecule has 1 saturated carbocycles. The number of benzene rings is 1. The van der Waals surface area contributed by atoms with Crippen molar-refractivity contribution < 1.29 is 9.21 Å². The molecule has 1 heterocycles. The first-order valence-corrected chi connectivity index (χ1v) is 9.29. The fourth-order valence-electron chi connectivity index (χ4n) is 3.01. The van der Waals surface area contributed by atoms with E-state index in [0.717, 1.165) is 24.3 Å². The van der Waals surface area contributed by atoms with Crippen LogP contribution in [0.15, 0.2) is 40.0 Å². The van der Waals surface area contributed by atoms with E-state index >= 15 is 0 Å². The molecular formula is C18H23N3O2S. The van der Waals surface area contributed by atoms with Crippen LogP contribution in [0.5, 0.6) is 0 Å². The number of likely N-dealkylation sites (N-methyl/N-ethyl adjacent to an activating group) is 1. The summed E-state index contributed by atoms with van der Waals surface area (Å²) in [7, 11) is 3.53. The minimum Gasteiger partial charge on any atom is -0.416 e. The molecule has 0 saturated heterocycles. The predicted molar refractivity (Wildman–Crippen MR) is 93.9 cm³/mol. The highest BCUT2D eigenvalue weighted by Crippen LogP contribution is 2.38. The summed E-state index contributed by atoms with van der Waals surface area (Å²) in [4.78, 5) is 14.2. The van der Waals surface area contributed by atoms with Gasteiger partial charge in [-0.3, -0.25) is 4.79 Å². The van der Waals surface area contributed by atoms with Crippen LogP contribution in [0.4, 0.5) is 0 Å². The molecule has 6 heteroatoms. The molecule has 128 valence electrons. The van der Waals surface area contributed by atoms with Gasteiger partial charge in [-0.25, -0.2) is 0 Å². The summed E-state index contributed by atoms with van der Waals surface area (Å²) in [5, 5.41) is 8.50. The van der Waals surface area contributed by atoms with E-state index in [1.165, 1.54) is 31.0 Å². The van der Waals surface area contributed by atoms with Crippen LogP contribution >= 0.6 is 11.8 Å². The van der Waals surface area contributed by atoms with E-state index in [-0.39, 0.29) is 11.2 Å². The van der Waals surface area contributed by atoms with Gasteiger partial charge in [0, 0.05) is 20.0 Å². The summed E-state index contributed by atoms with van der Waals surface area (Å²) in [6.45, 7) is 0. The Morgan fingerprint density at radius 3 is 2.54 bits per heavy atom. The molecule has 2 aromatic rings. The van der Waals surface area contributed by atoms with E-state index in [9.17, 15) is 4.79 Å². The van der Waals surface area contributed by atoms with Gasteiger partial charge in [0.15, 0.2) is 0 Å². The zero-order valence-electron chi connectivity index (χ0n) is 14.1. The average Bonchev–Trinajstić information content (AvgIpc) is 3.09. The zero-order valence-corrected chi connectivity index (χ0v) is 15.0. The van der Waals surface area contributed by atoms with Crippen LogP contribution < -0.4 is 0 Å². The highest BCUT2D eigenvalue weighted by molar-refractivity contribution is 8.00. The second kappa shape index (κ2) is 7.83. The van der Waals surface area contributed by atoms with Crippen molar-refractivity contribution in [2.75, 3.05) is 14.1 Å². The summed E-state index contributed by atoms with van der Waals surface area (Å²) in [5.41, 5.74) is 0.943. The molecule has 3 rings (SSSR count). The van der Waals surface area contributed by atoms with E-state index in [4.69, 9.17) is 4.42 Å². The number of nitrogens with zero attached hydrogens (tertiary/aromatic N) is 3. The molecule has 0 aliphatic heterocycles. The Morgan fingerprint density at radius 1 is 1.17 bits per heavy atom. The van der Waals surface area contributed by atoms with E-state index in [1.807, 2.05) is 30.3 Å². The van der Waals surface area contributed by atoms with Crippen LogP contribution in [-0.2, 0) is 4.79 Å². The number of amides is 1. The third kappa shape index (κ3) is 3.98. The maximum absolute atomic E-state index is 12.6. The molecule has 1 fully saturated rings. The summed E-state index contributed by atoms with van der Waals surface area (Å²) >= 11 is 1.33. The second-order valence-corrected chi connectivity index (χ2v) is 7.44. The largest absolute Gasteiger partial charge is 0.416 e. The monoisotopic (exact) mass is 345 g/mol. The van der Waals surface area contributed by atoms with Crippen molar-refractivity contribution in [3.05, 3.63) is 41.8 Å². The van der Waals surface area contributed by atoms with Crippen molar-refractivity contribution in [3.8, 4) is 0 Å². The van der Waals surface area contributed by atoms with Crippen LogP contribution in [0.2, 0.25) is 0 Å². The third-order valence-electron chi connectivity index (χ3n) is 4.36. The van der Waals surface area contributed by atoms with E-state index in [0.29, 0.717) is 11.1 Å². The first-order valence-electron chi connectivity index (χ1n) is 8.41. The first-order chi connectivity index (χ1) is 11.6. The van der Waals surface area contributed by atoms with Gasteiger partial charge in [-0.1, -0.05) is 49.6 Å². The van der Waals surface area contributed by atoms with Gasteiger partial charge in [-0.05, 0) is 30.2 Å². The summed E-state index contributed by atoms with van der Waals surface area (Å²) in [6, 6.07) is 9.73. The molecule has 1 aliphatic rings. The van der Waals surface area contributed by atoms with E-state index in [2.05, 4.69) is 10.2 Å². The molecule has 1 aromatic heterocycles. The highest BCUT2D eigenvalue weighted by Gasteiger charge is 2.27. The quantitative estimate of drug-likeness (QED) is 0.766. The van der Waals surface area contributed by atoms with E-state index < -0.39 is 0 Å². The second-order valence-electron chi connectivity index (χ2n) is 6.38. The molecule has 0 spiro atoms. The molecule has 5 nitrogen and oxygen atoms in total. The highest BCUT2D eigenvalue weighted by atomic mass is 32.2. The van der Waals surface area contributed by atoms with Crippen molar-refractivity contribution in [2.45, 2.75) is 48.5 Å². The standard InChI is InChI=1S/C18H23N3O2S/c1-21(2)17(22)15(13-9-5-3-6-10-13)24-18-20-19-16(23-18)14-11-7-4-8-12-14/h3,5-6,9-10,14-15H,4,7-8,11-12H2,1-2H3. The van der Waals surface area contributed by atoms with Gasteiger partial charge in [0.05, 0.1) is 0 Å².